The molecule has 6 nitrogen and oxygen atoms in total. The van der Waals surface area contributed by atoms with Gasteiger partial charge in [-0.1, -0.05) is 174 Å². The van der Waals surface area contributed by atoms with Gasteiger partial charge in [0, 0.05) is 6.42 Å². The summed E-state index contributed by atoms with van der Waals surface area (Å²) in [4.78, 5) is 25.8. The molecule has 0 aliphatic carbocycles. The summed E-state index contributed by atoms with van der Waals surface area (Å²) in [5, 5.41) is 23.5. The molecule has 3 atom stereocenters. The monoisotopic (exact) mass is 680 g/mol. The molecule has 284 valence electrons. The quantitative estimate of drug-likeness (QED) is 0.0345. The van der Waals surface area contributed by atoms with Crippen LogP contribution in [0.5, 0.6) is 0 Å². The van der Waals surface area contributed by atoms with Gasteiger partial charge in [0.05, 0.1) is 25.2 Å². The minimum atomic E-state index is -0.782. The van der Waals surface area contributed by atoms with Gasteiger partial charge in [0.2, 0.25) is 5.91 Å². The first-order valence-corrected chi connectivity index (χ1v) is 20.9. The van der Waals surface area contributed by atoms with E-state index in [-0.39, 0.29) is 24.9 Å². The molecule has 1 amide bonds. The Bertz CT molecular complexity index is 727. The Morgan fingerprint density at radius 3 is 1.54 bits per heavy atom. The smallest absolute Gasteiger partial charge is 0.306 e. The lowest BCUT2D eigenvalue weighted by Gasteiger charge is -2.24. The van der Waals surface area contributed by atoms with Crippen molar-refractivity contribution in [2.75, 3.05) is 6.61 Å². The van der Waals surface area contributed by atoms with Crippen molar-refractivity contribution in [3.8, 4) is 0 Å². The normalized spacial score (nSPS) is 13.5. The minimum Gasteiger partial charge on any atom is -0.462 e. The molecule has 0 rings (SSSR count). The number of carbonyl (C=O) groups is 2. The molecule has 0 radical (unpaired) electrons. The van der Waals surface area contributed by atoms with Crippen molar-refractivity contribution in [1.82, 2.24) is 5.32 Å². The number of aliphatic hydroxyl groups excluding tert-OH is 2. The molecule has 3 N–H and O–H groups in total. The molecular formula is C42H81NO5. The number of aliphatic hydroxyl groups is 2. The zero-order chi connectivity index (χ0) is 35.3. The summed E-state index contributed by atoms with van der Waals surface area (Å²) in [6.07, 6.45) is 37.0. The molecule has 0 bridgehead atoms. The van der Waals surface area contributed by atoms with E-state index in [9.17, 15) is 19.8 Å². The van der Waals surface area contributed by atoms with Gasteiger partial charge in [0.1, 0.15) is 6.10 Å². The van der Waals surface area contributed by atoms with Gasteiger partial charge in [0.25, 0.3) is 0 Å². The second kappa shape index (κ2) is 36.9. The molecule has 0 saturated carbocycles. The van der Waals surface area contributed by atoms with Crippen LogP contribution in [0, 0.1) is 0 Å². The maximum Gasteiger partial charge on any atom is 0.306 e. The van der Waals surface area contributed by atoms with Gasteiger partial charge in [-0.3, -0.25) is 9.59 Å². The van der Waals surface area contributed by atoms with Gasteiger partial charge in [-0.05, 0) is 44.9 Å². The van der Waals surface area contributed by atoms with Crippen molar-refractivity contribution in [2.45, 2.75) is 238 Å². The van der Waals surface area contributed by atoms with Crippen LogP contribution < -0.4 is 5.32 Å². The molecule has 0 aliphatic rings. The number of rotatable bonds is 37. The largest absolute Gasteiger partial charge is 0.462 e. The second-order valence-electron chi connectivity index (χ2n) is 14.4. The Kier molecular flexibility index (Phi) is 35.8. The van der Waals surface area contributed by atoms with Crippen molar-refractivity contribution in [3.05, 3.63) is 12.2 Å². The van der Waals surface area contributed by atoms with Crippen molar-refractivity contribution in [2.24, 2.45) is 0 Å². The Morgan fingerprint density at radius 1 is 0.583 bits per heavy atom. The fourth-order valence-corrected chi connectivity index (χ4v) is 6.35. The van der Waals surface area contributed by atoms with E-state index in [1.807, 2.05) is 0 Å². The highest BCUT2D eigenvalue weighted by atomic mass is 16.5. The van der Waals surface area contributed by atoms with E-state index < -0.39 is 18.2 Å². The average Bonchev–Trinajstić information content (AvgIpc) is 3.07. The number of esters is 1. The molecule has 0 saturated heterocycles. The number of hydrogen-bond acceptors (Lipinski definition) is 5. The summed E-state index contributed by atoms with van der Waals surface area (Å²) >= 11 is 0. The minimum absolute atomic E-state index is 0.0716. The Hall–Kier alpha value is -1.40. The number of ether oxygens (including phenoxy) is 1. The summed E-state index contributed by atoms with van der Waals surface area (Å²) in [5.74, 6) is -0.488. The molecule has 48 heavy (non-hydrogen) atoms. The number of nitrogens with one attached hydrogen (secondary N) is 1. The van der Waals surface area contributed by atoms with Gasteiger partial charge < -0.3 is 20.3 Å². The van der Waals surface area contributed by atoms with Crippen molar-refractivity contribution >= 4 is 11.9 Å². The summed E-state index contributed by atoms with van der Waals surface area (Å²) in [7, 11) is 0. The first-order valence-electron chi connectivity index (χ1n) is 20.9. The number of carbonyl (C=O) groups excluding carboxylic acids is 2. The van der Waals surface area contributed by atoms with Gasteiger partial charge in [-0.25, -0.2) is 0 Å². The van der Waals surface area contributed by atoms with E-state index in [1.165, 1.54) is 103 Å². The topological polar surface area (TPSA) is 95.9 Å². The van der Waals surface area contributed by atoms with E-state index in [0.717, 1.165) is 70.6 Å². The molecule has 0 aromatic carbocycles. The predicted octanol–water partition coefficient (Wildman–Crippen LogP) is 11.4. The zero-order valence-electron chi connectivity index (χ0n) is 32.1. The first-order chi connectivity index (χ1) is 23.5. The van der Waals surface area contributed by atoms with Crippen LogP contribution in [0.15, 0.2) is 12.2 Å². The lowest BCUT2D eigenvalue weighted by molar-refractivity contribution is -0.151. The molecule has 0 fully saturated rings. The van der Waals surface area contributed by atoms with Crippen molar-refractivity contribution in [1.29, 1.82) is 0 Å². The van der Waals surface area contributed by atoms with E-state index in [0.29, 0.717) is 19.3 Å². The molecule has 0 aliphatic heterocycles. The van der Waals surface area contributed by atoms with Crippen LogP contribution in [0.3, 0.4) is 0 Å². The first kappa shape index (κ1) is 46.6. The van der Waals surface area contributed by atoms with Crippen LogP contribution in [0.25, 0.3) is 0 Å². The number of allylic oxidation sites excluding steroid dienone is 2. The van der Waals surface area contributed by atoms with Crippen molar-refractivity contribution in [3.63, 3.8) is 0 Å². The fourth-order valence-electron chi connectivity index (χ4n) is 6.35. The maximum absolute atomic E-state index is 13.0. The van der Waals surface area contributed by atoms with Crippen LogP contribution in [-0.2, 0) is 14.3 Å². The summed E-state index contributed by atoms with van der Waals surface area (Å²) in [6, 6.07) is -0.696. The average molecular weight is 680 g/mol. The highest BCUT2D eigenvalue weighted by Gasteiger charge is 2.24. The van der Waals surface area contributed by atoms with Crippen LogP contribution in [0.4, 0.5) is 0 Å². The third-order valence-electron chi connectivity index (χ3n) is 9.59. The highest BCUT2D eigenvalue weighted by Crippen LogP contribution is 2.17. The Balaban J connectivity index is 4.57. The third kappa shape index (κ3) is 31.8. The molecule has 0 aromatic rings. The number of amides is 1. The van der Waals surface area contributed by atoms with E-state index in [4.69, 9.17) is 4.74 Å². The number of hydrogen-bond donors (Lipinski definition) is 3. The van der Waals surface area contributed by atoms with E-state index >= 15 is 0 Å². The maximum atomic E-state index is 13.0. The molecule has 0 aromatic heterocycles. The van der Waals surface area contributed by atoms with E-state index in [1.54, 1.807) is 0 Å². The molecule has 0 heterocycles. The van der Waals surface area contributed by atoms with E-state index in [2.05, 4.69) is 38.2 Å². The number of unbranched alkanes of at least 4 members (excludes halogenated alkanes) is 23. The van der Waals surface area contributed by atoms with Crippen molar-refractivity contribution < 1.29 is 24.5 Å². The zero-order valence-corrected chi connectivity index (χ0v) is 32.1. The van der Waals surface area contributed by atoms with Gasteiger partial charge in [0.15, 0.2) is 0 Å². The van der Waals surface area contributed by atoms with Crippen LogP contribution in [-0.4, -0.2) is 46.9 Å². The van der Waals surface area contributed by atoms with Crippen LogP contribution in [0.2, 0.25) is 0 Å². The summed E-state index contributed by atoms with van der Waals surface area (Å²) < 4.78 is 5.85. The second-order valence-corrected chi connectivity index (χ2v) is 14.4. The van der Waals surface area contributed by atoms with Crippen LogP contribution in [0.1, 0.15) is 220 Å². The van der Waals surface area contributed by atoms with Gasteiger partial charge in [-0.2, -0.15) is 0 Å². The van der Waals surface area contributed by atoms with Gasteiger partial charge >= 0.3 is 5.97 Å². The lowest BCUT2D eigenvalue weighted by atomic mass is 10.0. The molecule has 3 unspecified atom stereocenters. The molecule has 0 spiro atoms. The fraction of sp³-hybridized carbons (Fsp3) is 0.905. The third-order valence-corrected chi connectivity index (χ3v) is 9.59. The lowest BCUT2D eigenvalue weighted by Crippen LogP contribution is -2.46. The Morgan fingerprint density at radius 2 is 1.02 bits per heavy atom. The van der Waals surface area contributed by atoms with Crippen LogP contribution >= 0.6 is 0 Å². The summed E-state index contributed by atoms with van der Waals surface area (Å²) in [5.41, 5.74) is 0. The molecule has 6 heteroatoms. The summed E-state index contributed by atoms with van der Waals surface area (Å²) in [6.45, 7) is 6.39. The highest BCUT2D eigenvalue weighted by molar-refractivity contribution is 5.77. The van der Waals surface area contributed by atoms with Gasteiger partial charge in [-0.15, -0.1) is 0 Å². The Labute approximate surface area is 298 Å². The standard InChI is InChI=1S/C42H81NO5/c1-4-7-10-13-16-19-22-25-28-31-34-40(45)39(37-44)43-41(46)36-38(33-30-27-24-21-18-15-12-9-6-3)48-42(47)35-32-29-26-23-20-17-14-11-8-5-2/h15,18,38-40,44-45H,4-14,16-17,19-37H2,1-3H3,(H,43,46)/b18-15-. The predicted molar refractivity (Wildman–Crippen MR) is 204 cm³/mol. The SMILES string of the molecule is CCCC/C=C\CCCCCC(CC(=O)NC(CO)C(O)CCCCCCCCCCCC)OC(=O)CCCCCCCCCCCC. The molecular weight excluding hydrogens is 598 g/mol.